The molecule has 0 heterocycles. The van der Waals surface area contributed by atoms with Crippen LogP contribution in [0.15, 0.2) is 47.5 Å². The highest BCUT2D eigenvalue weighted by Gasteiger charge is 2.06. The Hall–Kier alpha value is -2.62. The molecular weight excluding hydrogens is 300 g/mol. The summed E-state index contributed by atoms with van der Waals surface area (Å²) < 4.78 is 5.21. The second kappa shape index (κ2) is 8.29. The third kappa shape index (κ3) is 4.44. The Kier molecular flexibility index (Phi) is 6.13. The highest BCUT2D eigenvalue weighted by atomic mass is 16.5. The fourth-order valence-corrected chi connectivity index (χ4v) is 2.54. The molecule has 0 saturated carbocycles. The molecule has 2 aromatic carbocycles. The number of rotatable bonds is 6. The molecule has 0 atom stereocenters. The summed E-state index contributed by atoms with van der Waals surface area (Å²) in [5.74, 6) is 0.182. The van der Waals surface area contributed by atoms with Gasteiger partial charge in [0.15, 0.2) is 0 Å². The van der Waals surface area contributed by atoms with Gasteiger partial charge in [-0.2, -0.15) is 0 Å². The highest BCUT2D eigenvalue weighted by Crippen LogP contribution is 2.25. The number of esters is 1. The van der Waals surface area contributed by atoms with E-state index in [2.05, 4.69) is 42.8 Å². The molecule has 0 fully saturated rings. The molecule has 0 unspecified atom stereocenters. The molecule has 0 spiro atoms. The smallest absolute Gasteiger partial charge is 0.308 e. The summed E-state index contributed by atoms with van der Waals surface area (Å²) in [7, 11) is 0. The van der Waals surface area contributed by atoms with E-state index in [1.165, 1.54) is 12.6 Å². The predicted octanol–water partition coefficient (Wildman–Crippen LogP) is 4.52. The number of benzene rings is 2. The average Bonchev–Trinajstić information content (AvgIpc) is 2.56. The maximum absolute atomic E-state index is 11.2. The summed E-state index contributed by atoms with van der Waals surface area (Å²) in [5, 5.41) is 0. The number of para-hydroxylation sites is 1. The van der Waals surface area contributed by atoms with Crippen LogP contribution in [0.3, 0.4) is 0 Å². The molecule has 0 amide bonds. The second-order valence-corrected chi connectivity index (χ2v) is 5.53. The lowest BCUT2D eigenvalue weighted by Gasteiger charge is -2.21. The SMILES string of the molecule is CCN(CC)c1ccc(N=Cc2ccccc2OC(C)=O)c(C)c1. The van der Waals surface area contributed by atoms with Crippen LogP contribution in [0.25, 0.3) is 0 Å². The van der Waals surface area contributed by atoms with Crippen molar-refractivity contribution in [1.82, 2.24) is 0 Å². The van der Waals surface area contributed by atoms with Crippen LogP contribution in [0.4, 0.5) is 11.4 Å². The maximum Gasteiger partial charge on any atom is 0.308 e. The van der Waals surface area contributed by atoms with Gasteiger partial charge in [0.05, 0.1) is 5.69 Å². The number of aliphatic imine (C=N–C) groups is 1. The lowest BCUT2D eigenvalue weighted by molar-refractivity contribution is -0.131. The van der Waals surface area contributed by atoms with Gasteiger partial charge in [-0.05, 0) is 56.7 Å². The molecule has 2 aromatic rings. The lowest BCUT2D eigenvalue weighted by atomic mass is 10.1. The van der Waals surface area contributed by atoms with E-state index in [1.54, 1.807) is 12.3 Å². The monoisotopic (exact) mass is 324 g/mol. The normalized spacial score (nSPS) is 10.8. The molecule has 0 radical (unpaired) electrons. The third-order valence-corrected chi connectivity index (χ3v) is 3.82. The van der Waals surface area contributed by atoms with Crippen LogP contribution in [0.2, 0.25) is 0 Å². The Morgan fingerprint density at radius 1 is 1.17 bits per heavy atom. The van der Waals surface area contributed by atoms with Gasteiger partial charge in [0.2, 0.25) is 0 Å². The van der Waals surface area contributed by atoms with Gasteiger partial charge in [-0.3, -0.25) is 9.79 Å². The highest BCUT2D eigenvalue weighted by molar-refractivity contribution is 5.87. The third-order valence-electron chi connectivity index (χ3n) is 3.82. The van der Waals surface area contributed by atoms with Gasteiger partial charge in [-0.1, -0.05) is 12.1 Å². The molecular formula is C20H24N2O2. The first-order chi connectivity index (χ1) is 11.5. The number of anilines is 1. The van der Waals surface area contributed by atoms with Crippen LogP contribution in [0, 0.1) is 6.92 Å². The number of aryl methyl sites for hydroxylation is 1. The minimum Gasteiger partial charge on any atom is -0.426 e. The molecule has 0 saturated heterocycles. The first kappa shape index (κ1) is 17.7. The van der Waals surface area contributed by atoms with E-state index in [-0.39, 0.29) is 5.97 Å². The van der Waals surface area contributed by atoms with Crippen molar-refractivity contribution in [2.24, 2.45) is 4.99 Å². The fourth-order valence-electron chi connectivity index (χ4n) is 2.54. The summed E-state index contributed by atoms with van der Waals surface area (Å²) in [6.45, 7) is 9.71. The van der Waals surface area contributed by atoms with Crippen molar-refractivity contribution in [2.75, 3.05) is 18.0 Å². The minimum absolute atomic E-state index is 0.337. The Balaban J connectivity index is 2.25. The standard InChI is InChI=1S/C20H24N2O2/c1-5-22(6-2)18-11-12-19(15(3)13-18)21-14-17-9-7-8-10-20(17)24-16(4)23/h7-14H,5-6H2,1-4H3. The number of carbonyl (C=O) groups excluding carboxylic acids is 1. The van der Waals surface area contributed by atoms with E-state index in [1.807, 2.05) is 24.3 Å². The summed E-state index contributed by atoms with van der Waals surface area (Å²) in [6, 6.07) is 13.6. The quantitative estimate of drug-likeness (QED) is 0.446. The van der Waals surface area contributed by atoms with Gasteiger partial charge in [0, 0.05) is 37.5 Å². The number of nitrogens with zero attached hydrogens (tertiary/aromatic N) is 2. The van der Waals surface area contributed by atoms with Gasteiger partial charge in [-0.15, -0.1) is 0 Å². The van der Waals surface area contributed by atoms with Gasteiger partial charge in [0.1, 0.15) is 5.75 Å². The van der Waals surface area contributed by atoms with Crippen molar-refractivity contribution in [3.05, 3.63) is 53.6 Å². The van der Waals surface area contributed by atoms with E-state index in [0.717, 1.165) is 29.9 Å². The van der Waals surface area contributed by atoms with E-state index >= 15 is 0 Å². The Bertz CT molecular complexity index is 734. The Morgan fingerprint density at radius 2 is 1.88 bits per heavy atom. The van der Waals surface area contributed by atoms with E-state index in [9.17, 15) is 4.79 Å². The molecule has 0 aromatic heterocycles. The van der Waals surface area contributed by atoms with Crippen LogP contribution in [-0.2, 0) is 4.79 Å². The average molecular weight is 324 g/mol. The maximum atomic E-state index is 11.2. The number of hydrogen-bond donors (Lipinski definition) is 0. The van der Waals surface area contributed by atoms with Crippen molar-refractivity contribution in [2.45, 2.75) is 27.7 Å². The minimum atomic E-state index is -0.337. The van der Waals surface area contributed by atoms with Crippen LogP contribution in [0.1, 0.15) is 31.9 Å². The van der Waals surface area contributed by atoms with Crippen molar-refractivity contribution in [1.29, 1.82) is 0 Å². The molecule has 4 heteroatoms. The second-order valence-electron chi connectivity index (χ2n) is 5.53. The van der Waals surface area contributed by atoms with Gasteiger partial charge >= 0.3 is 5.97 Å². The number of ether oxygens (including phenoxy) is 1. The summed E-state index contributed by atoms with van der Waals surface area (Å²) in [4.78, 5) is 18.0. The lowest BCUT2D eigenvalue weighted by Crippen LogP contribution is -2.21. The van der Waals surface area contributed by atoms with Crippen molar-refractivity contribution >= 4 is 23.6 Å². The Labute approximate surface area is 143 Å². The molecule has 126 valence electrons. The van der Waals surface area contributed by atoms with Crippen LogP contribution in [0.5, 0.6) is 5.75 Å². The topological polar surface area (TPSA) is 41.9 Å². The zero-order valence-corrected chi connectivity index (χ0v) is 14.7. The van der Waals surface area contributed by atoms with Gasteiger partial charge in [0.25, 0.3) is 0 Å². The van der Waals surface area contributed by atoms with E-state index < -0.39 is 0 Å². The zero-order chi connectivity index (χ0) is 17.5. The zero-order valence-electron chi connectivity index (χ0n) is 14.7. The van der Waals surface area contributed by atoms with Crippen molar-refractivity contribution in [3.63, 3.8) is 0 Å². The van der Waals surface area contributed by atoms with Crippen LogP contribution in [-0.4, -0.2) is 25.3 Å². The number of hydrogen-bond acceptors (Lipinski definition) is 4. The molecule has 0 aliphatic carbocycles. The van der Waals surface area contributed by atoms with Crippen molar-refractivity contribution in [3.8, 4) is 5.75 Å². The largest absolute Gasteiger partial charge is 0.426 e. The summed E-state index contributed by atoms with van der Waals surface area (Å²) in [5.41, 5.74) is 4.00. The molecule has 0 N–H and O–H groups in total. The molecule has 24 heavy (non-hydrogen) atoms. The first-order valence-corrected chi connectivity index (χ1v) is 8.22. The van der Waals surface area contributed by atoms with Crippen molar-refractivity contribution < 1.29 is 9.53 Å². The molecule has 2 rings (SSSR count). The molecule has 4 nitrogen and oxygen atoms in total. The number of carbonyl (C=O) groups is 1. The molecule has 0 aliphatic rings. The summed E-state index contributed by atoms with van der Waals surface area (Å²) in [6.07, 6.45) is 1.73. The Morgan fingerprint density at radius 3 is 2.50 bits per heavy atom. The van der Waals surface area contributed by atoms with Gasteiger partial charge < -0.3 is 9.64 Å². The van der Waals surface area contributed by atoms with Crippen LogP contribution >= 0.6 is 0 Å². The van der Waals surface area contributed by atoms with E-state index in [0.29, 0.717) is 5.75 Å². The fraction of sp³-hybridized carbons (Fsp3) is 0.300. The van der Waals surface area contributed by atoms with Crippen LogP contribution < -0.4 is 9.64 Å². The summed E-state index contributed by atoms with van der Waals surface area (Å²) >= 11 is 0. The molecule has 0 aliphatic heterocycles. The molecule has 0 bridgehead atoms. The van der Waals surface area contributed by atoms with Gasteiger partial charge in [-0.25, -0.2) is 0 Å². The van der Waals surface area contributed by atoms with E-state index in [4.69, 9.17) is 4.74 Å². The predicted molar refractivity (Wildman–Crippen MR) is 99.7 cm³/mol. The first-order valence-electron chi connectivity index (χ1n) is 8.22.